The van der Waals surface area contributed by atoms with Crippen LogP contribution in [0.5, 0.6) is 0 Å². The minimum Gasteiger partial charge on any atom is -0.545 e. The van der Waals surface area contributed by atoms with E-state index in [2.05, 4.69) is 15.5 Å². The molecule has 2 aliphatic rings. The van der Waals surface area contributed by atoms with E-state index in [1.54, 1.807) is 26.1 Å². The van der Waals surface area contributed by atoms with Crippen LogP contribution < -0.4 is 20.6 Å². The lowest BCUT2D eigenvalue weighted by Gasteiger charge is -2.55. The lowest BCUT2D eigenvalue weighted by Crippen LogP contribution is -2.65. The van der Waals surface area contributed by atoms with E-state index in [9.17, 15) is 42.3 Å². The van der Waals surface area contributed by atoms with Gasteiger partial charge in [-0.05, 0) is 37.0 Å². The number of hydrogen-bond acceptors (Lipinski definition) is 7. The van der Waals surface area contributed by atoms with Gasteiger partial charge in [-0.25, -0.2) is 4.90 Å². The zero-order chi connectivity index (χ0) is 28.3. The van der Waals surface area contributed by atoms with Crippen LogP contribution in [0.25, 0.3) is 0 Å². The van der Waals surface area contributed by atoms with Gasteiger partial charge in [0.15, 0.2) is 5.82 Å². The molecule has 1 saturated carbocycles. The maximum absolute atomic E-state index is 13.6. The summed E-state index contributed by atoms with van der Waals surface area (Å²) in [5, 5.41) is 21.3. The highest BCUT2D eigenvalue weighted by molar-refractivity contribution is 6.20. The number of aromatic nitrogens is 2. The van der Waals surface area contributed by atoms with Crippen molar-refractivity contribution in [1.82, 2.24) is 10.2 Å². The first-order valence-electron chi connectivity index (χ1n) is 11.4. The van der Waals surface area contributed by atoms with Gasteiger partial charge in [-0.15, -0.1) is 0 Å². The van der Waals surface area contributed by atoms with Crippen LogP contribution in [0.3, 0.4) is 0 Å². The number of aromatic amines is 1. The number of carbonyl (C=O) groups excluding carboxylic acids is 5. The highest BCUT2D eigenvalue weighted by Gasteiger charge is 2.63. The summed E-state index contributed by atoms with van der Waals surface area (Å²) in [4.78, 5) is 63.7. The highest BCUT2D eigenvalue weighted by Crippen LogP contribution is 2.59. The van der Waals surface area contributed by atoms with Crippen molar-refractivity contribution in [1.29, 1.82) is 0 Å². The number of anilines is 3. The molecule has 0 spiro atoms. The number of benzene rings is 1. The quantitative estimate of drug-likeness (QED) is 0.494. The molecule has 3 atom stereocenters. The summed E-state index contributed by atoms with van der Waals surface area (Å²) in [6, 6.07) is 6.41. The van der Waals surface area contributed by atoms with E-state index in [0.29, 0.717) is 0 Å². The van der Waals surface area contributed by atoms with E-state index in [0.717, 1.165) is 11.0 Å². The number of imide groups is 1. The molecule has 4 rings (SSSR count). The number of rotatable bonds is 5. The molecule has 1 saturated heterocycles. The third-order valence-electron chi connectivity index (χ3n) is 6.98. The van der Waals surface area contributed by atoms with Gasteiger partial charge in [0.2, 0.25) is 17.7 Å². The van der Waals surface area contributed by atoms with Crippen LogP contribution in [0.2, 0.25) is 0 Å². The summed E-state index contributed by atoms with van der Waals surface area (Å²) in [5.41, 5.74) is -3.61. The second-order valence-corrected chi connectivity index (χ2v) is 10.6. The number of piperidine rings is 1. The van der Waals surface area contributed by atoms with Crippen molar-refractivity contribution >= 4 is 46.9 Å². The van der Waals surface area contributed by atoms with Gasteiger partial charge in [-0.3, -0.25) is 24.3 Å². The fourth-order valence-electron chi connectivity index (χ4n) is 5.76. The average molecular weight is 534 g/mol. The van der Waals surface area contributed by atoms with E-state index in [1.165, 1.54) is 24.3 Å². The van der Waals surface area contributed by atoms with Gasteiger partial charge < -0.3 is 20.5 Å². The molecule has 2 bridgehead atoms. The summed E-state index contributed by atoms with van der Waals surface area (Å²) in [6.07, 6.45) is -4.99. The third kappa shape index (κ3) is 4.61. The second-order valence-electron chi connectivity index (χ2n) is 10.6. The topological polar surface area (TPSA) is 164 Å². The van der Waals surface area contributed by atoms with Crippen LogP contribution >= 0.6 is 0 Å². The number of H-pyrrole nitrogens is 1. The van der Waals surface area contributed by atoms with E-state index in [-0.39, 0.29) is 36.3 Å². The Morgan fingerprint density at radius 3 is 2.16 bits per heavy atom. The van der Waals surface area contributed by atoms with Crippen molar-refractivity contribution < 1.29 is 42.3 Å². The first kappa shape index (κ1) is 26.8. The van der Waals surface area contributed by atoms with Crippen molar-refractivity contribution in [3.05, 3.63) is 35.9 Å². The highest BCUT2D eigenvalue weighted by atomic mass is 19.4. The average Bonchev–Trinajstić information content (AvgIpc) is 3.25. The van der Waals surface area contributed by atoms with E-state index >= 15 is 0 Å². The molecular formula is C24H23F3N5O6-. The lowest BCUT2D eigenvalue weighted by molar-refractivity contribution is -0.255. The Labute approximate surface area is 213 Å². The van der Waals surface area contributed by atoms with Crippen LogP contribution in [-0.4, -0.2) is 46.0 Å². The van der Waals surface area contributed by atoms with Crippen molar-refractivity contribution in [2.24, 2.45) is 16.2 Å². The first-order valence-corrected chi connectivity index (χ1v) is 11.4. The molecule has 1 aromatic carbocycles. The number of carbonyl (C=O) groups is 5. The van der Waals surface area contributed by atoms with Crippen LogP contribution in [0.4, 0.5) is 30.5 Å². The number of carboxylic acids is 1. The van der Waals surface area contributed by atoms with Gasteiger partial charge in [-0.2, -0.15) is 18.3 Å². The zero-order valence-electron chi connectivity index (χ0n) is 20.5. The molecule has 1 aromatic heterocycles. The van der Waals surface area contributed by atoms with Crippen molar-refractivity contribution in [3.63, 3.8) is 0 Å². The molecule has 1 unspecified atom stereocenters. The molecule has 202 valence electrons. The first-order chi connectivity index (χ1) is 17.5. The van der Waals surface area contributed by atoms with Gasteiger partial charge in [0.05, 0.1) is 5.97 Å². The normalized spacial score (nSPS) is 27.2. The molecule has 3 N–H and O–H groups in total. The fourth-order valence-corrected chi connectivity index (χ4v) is 5.76. The number of carboxylic acid groups (broad SMARTS) is 1. The summed E-state index contributed by atoms with van der Waals surface area (Å²) < 4.78 is 37.7. The predicted octanol–water partition coefficient (Wildman–Crippen LogP) is 1.99. The zero-order valence-corrected chi connectivity index (χ0v) is 20.5. The molecule has 1 aliphatic carbocycles. The molecule has 1 aliphatic heterocycles. The Morgan fingerprint density at radius 1 is 1.00 bits per heavy atom. The molecule has 38 heavy (non-hydrogen) atoms. The van der Waals surface area contributed by atoms with Crippen molar-refractivity contribution in [3.8, 4) is 0 Å². The Bertz CT molecular complexity index is 1340. The summed E-state index contributed by atoms with van der Waals surface area (Å²) in [6.45, 7) is 4.79. The number of nitrogens with one attached hydrogen (secondary N) is 3. The van der Waals surface area contributed by atoms with Crippen LogP contribution in [0, 0.1) is 16.2 Å². The van der Waals surface area contributed by atoms with Gasteiger partial charge in [0.1, 0.15) is 5.82 Å². The molecule has 0 radical (unpaired) electrons. The monoisotopic (exact) mass is 534 g/mol. The Hall–Kier alpha value is -4.23. The van der Waals surface area contributed by atoms with Crippen LogP contribution in [0.15, 0.2) is 30.3 Å². The number of fused-ring (bicyclic) bond motifs is 2. The minimum absolute atomic E-state index is 0.0201. The second kappa shape index (κ2) is 8.67. The van der Waals surface area contributed by atoms with E-state index < -0.39 is 57.8 Å². The molecule has 14 heteroatoms. The molecule has 2 fully saturated rings. The van der Waals surface area contributed by atoms with Gasteiger partial charge in [-0.1, -0.05) is 32.9 Å². The molecule has 2 aromatic rings. The lowest BCUT2D eigenvalue weighted by atomic mass is 9.51. The number of alkyl halides is 3. The predicted molar refractivity (Wildman–Crippen MR) is 123 cm³/mol. The Morgan fingerprint density at radius 2 is 1.61 bits per heavy atom. The van der Waals surface area contributed by atoms with Crippen LogP contribution in [0.1, 0.15) is 50.4 Å². The molecule has 11 nitrogen and oxygen atoms in total. The largest absolute Gasteiger partial charge is 0.545 e. The molecular weight excluding hydrogens is 511 g/mol. The Balaban J connectivity index is 1.60. The summed E-state index contributed by atoms with van der Waals surface area (Å²) in [5.74, 6) is -6.34. The summed E-state index contributed by atoms with van der Waals surface area (Å²) >= 11 is 0. The number of hydrogen-bond donors (Lipinski definition) is 3. The van der Waals surface area contributed by atoms with Crippen LogP contribution in [-0.2, 0) is 19.2 Å². The SMILES string of the molecule is CC1(C(=O)Nc2cccc(C(=O)[O-])c2)C[C@@]2(C)C[C@@](C)(C1)C(=O)N(c1cc(NC(=O)C(F)(F)F)[nH]n1)C2=O. The standard InChI is InChI=1S/C24H24F3N5O6/c1-21(17(35)28-13-6-4-5-12(7-13)16(33)34)9-22(2)11-23(3,10-21)20(38)32(19(22)37)15-8-14(30-31-15)29-18(36)24(25,26)27/h4-8H,9-11H2,1-3H3,(H,28,35)(H,33,34)(H2,29,30,31,36)/p-1/t21?,22-,23+. The van der Waals surface area contributed by atoms with Crippen molar-refractivity contribution in [2.75, 3.05) is 15.5 Å². The van der Waals surface area contributed by atoms with Crippen molar-refractivity contribution in [2.45, 2.75) is 46.2 Å². The number of amides is 4. The number of halogens is 3. The van der Waals surface area contributed by atoms with E-state index in [4.69, 9.17) is 0 Å². The fraction of sp³-hybridized carbons (Fsp3) is 0.417. The minimum atomic E-state index is -5.16. The molecule has 4 amide bonds. The maximum atomic E-state index is 13.6. The number of nitrogens with zero attached hydrogens (tertiary/aromatic N) is 2. The van der Waals surface area contributed by atoms with Gasteiger partial charge in [0, 0.05) is 28.0 Å². The Kier molecular flexibility index (Phi) is 6.12. The summed E-state index contributed by atoms with van der Waals surface area (Å²) in [7, 11) is 0. The molecule has 2 heterocycles. The van der Waals surface area contributed by atoms with Gasteiger partial charge in [0.25, 0.3) is 0 Å². The van der Waals surface area contributed by atoms with E-state index in [1.807, 2.05) is 0 Å². The van der Waals surface area contributed by atoms with Gasteiger partial charge >= 0.3 is 12.1 Å². The smallest absolute Gasteiger partial charge is 0.471 e. The third-order valence-corrected chi connectivity index (χ3v) is 6.98. The number of aromatic carboxylic acids is 1. The maximum Gasteiger partial charge on any atom is 0.471 e.